The molecule has 2 heterocycles. The highest BCUT2D eigenvalue weighted by molar-refractivity contribution is 7.52. The lowest BCUT2D eigenvalue weighted by molar-refractivity contribution is -0.159. The first-order valence-electron chi connectivity index (χ1n) is 14.6. The van der Waals surface area contributed by atoms with Gasteiger partial charge in [-0.05, 0) is 38.3 Å². The van der Waals surface area contributed by atoms with Crippen LogP contribution in [0.15, 0.2) is 52.2 Å². The summed E-state index contributed by atoms with van der Waals surface area (Å²) in [4.78, 5) is 51.6. The van der Waals surface area contributed by atoms with Crippen LogP contribution in [0.2, 0.25) is 0 Å². The van der Waals surface area contributed by atoms with Gasteiger partial charge in [0.25, 0.3) is 5.56 Å². The molecule has 7 atom stereocenters. The maximum Gasteiger partial charge on any atom is 0.459 e. The Morgan fingerprint density at radius 1 is 1.11 bits per heavy atom. The molecule has 1 saturated heterocycles. The van der Waals surface area contributed by atoms with Crippen LogP contribution in [-0.2, 0) is 32.9 Å². The fourth-order valence-corrected chi connectivity index (χ4v) is 5.84. The van der Waals surface area contributed by atoms with Crippen molar-refractivity contribution in [3.8, 4) is 5.75 Å². The highest BCUT2D eigenvalue weighted by Gasteiger charge is 2.54. The van der Waals surface area contributed by atoms with Crippen molar-refractivity contribution in [2.24, 2.45) is 11.8 Å². The summed E-state index contributed by atoms with van der Waals surface area (Å²) in [6.45, 7) is 9.13. The minimum absolute atomic E-state index is 0.0485. The quantitative estimate of drug-likeness (QED) is 0.160. The van der Waals surface area contributed by atoms with Crippen molar-refractivity contribution in [1.82, 2.24) is 14.6 Å². The summed E-state index contributed by atoms with van der Waals surface area (Å²) in [6, 6.07) is 7.41. The Labute approximate surface area is 260 Å². The number of aliphatic hydroxyl groups is 2. The van der Waals surface area contributed by atoms with E-state index in [9.17, 15) is 34.0 Å². The van der Waals surface area contributed by atoms with Crippen LogP contribution in [0.3, 0.4) is 0 Å². The number of carbonyl (C=O) groups excluding carboxylic acids is 2. The number of hydrogen-bond acceptors (Lipinski definition) is 12. The predicted octanol–water partition coefficient (Wildman–Crippen LogP) is 1.88. The van der Waals surface area contributed by atoms with E-state index in [0.29, 0.717) is 6.42 Å². The third-order valence-corrected chi connectivity index (χ3v) is 8.50. The van der Waals surface area contributed by atoms with E-state index in [1.54, 1.807) is 32.0 Å². The van der Waals surface area contributed by atoms with Gasteiger partial charge in [0.15, 0.2) is 12.3 Å². The van der Waals surface area contributed by atoms with Crippen LogP contribution in [-0.4, -0.2) is 74.9 Å². The van der Waals surface area contributed by atoms with Crippen LogP contribution < -0.4 is 20.9 Å². The first-order chi connectivity index (χ1) is 21.0. The van der Waals surface area contributed by atoms with Crippen molar-refractivity contribution in [1.29, 1.82) is 0 Å². The van der Waals surface area contributed by atoms with Gasteiger partial charge in [0.2, 0.25) is 0 Å². The Kier molecular flexibility index (Phi) is 12.3. The predicted molar refractivity (Wildman–Crippen MR) is 160 cm³/mol. The number of aromatic nitrogens is 2. The van der Waals surface area contributed by atoms with Gasteiger partial charge in [-0.1, -0.05) is 45.9 Å². The Bertz CT molecular complexity index is 1460. The fourth-order valence-electron chi connectivity index (χ4n) is 4.26. The van der Waals surface area contributed by atoms with E-state index >= 15 is 0 Å². The summed E-state index contributed by atoms with van der Waals surface area (Å²) in [5, 5.41) is 24.5. The number of para-hydroxylation sites is 1. The Morgan fingerprint density at radius 3 is 2.38 bits per heavy atom. The molecule has 0 aliphatic carbocycles. The van der Waals surface area contributed by atoms with Crippen LogP contribution in [0.4, 0.5) is 0 Å². The molecule has 1 aliphatic rings. The molecule has 0 spiro atoms. The van der Waals surface area contributed by atoms with E-state index in [4.69, 9.17) is 23.3 Å². The van der Waals surface area contributed by atoms with Gasteiger partial charge in [-0.2, -0.15) is 5.09 Å². The van der Waals surface area contributed by atoms with Crippen LogP contribution in [0, 0.1) is 11.8 Å². The van der Waals surface area contributed by atoms with Gasteiger partial charge in [0.1, 0.15) is 29.7 Å². The Morgan fingerprint density at radius 2 is 1.78 bits per heavy atom. The van der Waals surface area contributed by atoms with Crippen molar-refractivity contribution in [2.45, 2.75) is 84.1 Å². The van der Waals surface area contributed by atoms with Gasteiger partial charge in [0, 0.05) is 12.3 Å². The molecular formula is C29H42N3O12P. The van der Waals surface area contributed by atoms with Crippen LogP contribution >= 0.6 is 7.75 Å². The number of aliphatic hydroxyl groups excluding tert-OH is 1. The van der Waals surface area contributed by atoms with E-state index in [1.807, 2.05) is 18.8 Å². The van der Waals surface area contributed by atoms with Crippen LogP contribution in [0.1, 0.15) is 54.2 Å². The smallest absolute Gasteiger partial charge is 0.459 e. The van der Waals surface area contributed by atoms with Crippen molar-refractivity contribution < 1.29 is 47.6 Å². The molecule has 0 radical (unpaired) electrons. The monoisotopic (exact) mass is 655 g/mol. The summed E-state index contributed by atoms with van der Waals surface area (Å²) in [5.41, 5.74) is -3.63. The SMILES string of the molecule is CC(C)CCOC(=O)[C@@H](NP(=O)(OC[C@H]1O[C@@H](n2ccc(=O)[nH]c2=O)[C@](C)(O)[C@@H]1O)Oc1ccccc1)[C@@H](C)OC(=O)C(C)C. The number of H-pyrrole nitrogens is 1. The zero-order valence-electron chi connectivity index (χ0n) is 26.1. The fraction of sp³-hybridized carbons (Fsp3) is 0.586. The average Bonchev–Trinajstić information content (AvgIpc) is 3.18. The molecule has 0 bridgehead atoms. The molecule has 0 amide bonds. The minimum atomic E-state index is -4.58. The zero-order valence-corrected chi connectivity index (χ0v) is 27.0. The summed E-state index contributed by atoms with van der Waals surface area (Å²) in [6.07, 6.45) is -4.05. The third-order valence-electron chi connectivity index (χ3n) is 6.97. The van der Waals surface area contributed by atoms with E-state index < -0.39 is 79.6 Å². The number of carbonyl (C=O) groups is 2. The molecule has 15 nitrogen and oxygen atoms in total. The maximum atomic E-state index is 14.3. The van der Waals surface area contributed by atoms with E-state index in [1.165, 1.54) is 26.0 Å². The number of aromatic amines is 1. The largest absolute Gasteiger partial charge is 0.464 e. The second kappa shape index (κ2) is 15.3. The first-order valence-corrected chi connectivity index (χ1v) is 16.1. The molecule has 45 heavy (non-hydrogen) atoms. The maximum absolute atomic E-state index is 14.3. The Balaban J connectivity index is 1.89. The van der Waals surface area contributed by atoms with Crippen molar-refractivity contribution in [3.05, 3.63) is 63.4 Å². The number of benzene rings is 1. The van der Waals surface area contributed by atoms with Gasteiger partial charge in [-0.25, -0.2) is 9.36 Å². The molecule has 4 N–H and O–H groups in total. The molecule has 1 aromatic heterocycles. The normalized spacial score (nSPS) is 24.2. The molecule has 16 heteroatoms. The summed E-state index contributed by atoms with van der Waals surface area (Å²) >= 11 is 0. The highest BCUT2D eigenvalue weighted by atomic mass is 31.2. The molecule has 250 valence electrons. The molecule has 1 aliphatic heterocycles. The molecule has 1 aromatic carbocycles. The second-order valence-electron chi connectivity index (χ2n) is 11.7. The minimum Gasteiger partial charge on any atom is -0.464 e. The first kappa shape index (κ1) is 36.1. The highest BCUT2D eigenvalue weighted by Crippen LogP contribution is 2.47. The average molecular weight is 656 g/mol. The van der Waals surface area contributed by atoms with Crippen molar-refractivity contribution >= 4 is 19.7 Å². The topological polar surface area (TPSA) is 205 Å². The van der Waals surface area contributed by atoms with Gasteiger partial charge < -0.3 is 28.9 Å². The summed E-state index contributed by atoms with van der Waals surface area (Å²) in [7, 11) is -4.58. The molecule has 3 rings (SSSR count). The van der Waals surface area contributed by atoms with Crippen molar-refractivity contribution in [2.75, 3.05) is 13.2 Å². The van der Waals surface area contributed by atoms with Crippen LogP contribution in [0.5, 0.6) is 5.75 Å². The lowest BCUT2D eigenvalue weighted by atomic mass is 9.96. The van der Waals surface area contributed by atoms with Crippen molar-refractivity contribution in [3.63, 3.8) is 0 Å². The summed E-state index contributed by atoms with van der Waals surface area (Å²) in [5.74, 6) is -1.70. The Hall–Kier alpha value is -3.33. The van der Waals surface area contributed by atoms with Gasteiger partial charge in [-0.3, -0.25) is 28.5 Å². The number of nitrogens with zero attached hydrogens (tertiary/aromatic N) is 1. The van der Waals surface area contributed by atoms with Crippen LogP contribution in [0.25, 0.3) is 0 Å². The lowest BCUT2D eigenvalue weighted by Crippen LogP contribution is -2.48. The number of nitrogens with one attached hydrogen (secondary N) is 2. The molecule has 2 aromatic rings. The van der Waals surface area contributed by atoms with E-state index in [0.717, 1.165) is 16.8 Å². The third kappa shape index (κ3) is 9.58. The number of ether oxygens (including phenoxy) is 3. The standard InChI is InChI=1S/C29H42N3O12P/c1-17(2)13-15-40-26(36)23(19(5)42-25(35)18(3)4)31-45(39,44-20-10-8-7-9-11-20)41-16-21-24(34)29(6,38)27(43-21)32-14-12-22(33)30-28(32)37/h7-12,14,17-19,21,23-24,27,34,38H,13,15-16H2,1-6H3,(H,31,39)(H,30,33,37)/t19-,21-,23+,24-,27-,29-,45?/m1/s1. The molecule has 1 unspecified atom stereocenters. The molecule has 0 saturated carbocycles. The van der Waals surface area contributed by atoms with Gasteiger partial charge >= 0.3 is 25.4 Å². The van der Waals surface area contributed by atoms with E-state index in [-0.39, 0.29) is 18.3 Å². The van der Waals surface area contributed by atoms with Gasteiger partial charge in [0.05, 0.1) is 19.1 Å². The summed E-state index contributed by atoms with van der Waals surface area (Å²) < 4.78 is 43.1. The van der Waals surface area contributed by atoms with Gasteiger partial charge in [-0.15, -0.1) is 0 Å². The zero-order chi connectivity index (χ0) is 33.5. The number of esters is 2. The lowest BCUT2D eigenvalue weighted by Gasteiger charge is -2.29. The number of rotatable bonds is 15. The number of hydrogen-bond donors (Lipinski definition) is 4. The van der Waals surface area contributed by atoms with E-state index in [2.05, 4.69) is 5.09 Å². The molecule has 1 fully saturated rings. The second-order valence-corrected chi connectivity index (χ2v) is 13.4. The molecular weight excluding hydrogens is 613 g/mol.